The number of hydrogen-bond donors (Lipinski definition) is 2. The zero-order valence-corrected chi connectivity index (χ0v) is 18.1. The van der Waals surface area contributed by atoms with Gasteiger partial charge >= 0.3 is 0 Å². The molecule has 4 rings (SSSR count). The van der Waals surface area contributed by atoms with Crippen molar-refractivity contribution >= 4 is 21.7 Å². The first-order valence-corrected chi connectivity index (χ1v) is 12.5. The van der Waals surface area contributed by atoms with Crippen molar-refractivity contribution in [3.05, 3.63) is 29.8 Å². The summed E-state index contributed by atoms with van der Waals surface area (Å²) in [5.74, 6) is 0.751. The van der Waals surface area contributed by atoms with Gasteiger partial charge in [-0.25, -0.2) is 8.42 Å². The van der Waals surface area contributed by atoms with Gasteiger partial charge in [0.05, 0.1) is 11.4 Å². The number of aliphatic imine (C=N–C) groups is 1. The van der Waals surface area contributed by atoms with E-state index >= 15 is 0 Å². The molecule has 3 aliphatic rings. The smallest absolute Gasteiger partial charge is 0.236 e. The highest BCUT2D eigenvalue weighted by Gasteiger charge is 2.31. The molecule has 1 atom stereocenters. The van der Waals surface area contributed by atoms with E-state index in [0.717, 1.165) is 43.2 Å². The molecule has 7 nitrogen and oxygen atoms in total. The number of hydrogen-bond acceptors (Lipinski definition) is 4. The van der Waals surface area contributed by atoms with Crippen LogP contribution in [0.2, 0.25) is 0 Å². The van der Waals surface area contributed by atoms with E-state index in [4.69, 9.17) is 0 Å². The van der Waals surface area contributed by atoms with Crippen molar-refractivity contribution in [2.45, 2.75) is 50.6 Å². The molecule has 2 fully saturated rings. The summed E-state index contributed by atoms with van der Waals surface area (Å²) in [7, 11) is -1.60. The second-order valence-electron chi connectivity index (χ2n) is 8.33. The van der Waals surface area contributed by atoms with Crippen molar-refractivity contribution in [3.8, 4) is 0 Å². The number of rotatable bonds is 6. The predicted octanol–water partition coefficient (Wildman–Crippen LogP) is 1.56. The van der Waals surface area contributed by atoms with Crippen LogP contribution in [0.5, 0.6) is 0 Å². The van der Waals surface area contributed by atoms with Gasteiger partial charge in [-0.3, -0.25) is 14.2 Å². The number of sulfonamides is 1. The van der Waals surface area contributed by atoms with E-state index in [-0.39, 0.29) is 5.75 Å². The molecule has 1 aromatic rings. The molecule has 160 valence electrons. The molecule has 0 spiro atoms. The van der Waals surface area contributed by atoms with E-state index in [2.05, 4.69) is 20.5 Å². The van der Waals surface area contributed by atoms with Crippen molar-refractivity contribution in [1.82, 2.24) is 15.5 Å². The summed E-state index contributed by atoms with van der Waals surface area (Å²) in [6.45, 7) is 3.07. The molecule has 0 bridgehead atoms. The van der Waals surface area contributed by atoms with Gasteiger partial charge < -0.3 is 10.6 Å². The molecule has 0 aromatic heterocycles. The summed E-state index contributed by atoms with van der Waals surface area (Å²) in [6.07, 6.45) is 7.27. The third kappa shape index (κ3) is 4.69. The Morgan fingerprint density at radius 1 is 1.17 bits per heavy atom. The highest BCUT2D eigenvalue weighted by molar-refractivity contribution is 7.92. The lowest BCUT2D eigenvalue weighted by Gasteiger charge is -2.24. The van der Waals surface area contributed by atoms with Crippen molar-refractivity contribution < 1.29 is 8.42 Å². The zero-order valence-electron chi connectivity index (χ0n) is 17.3. The Balaban J connectivity index is 1.25. The number of likely N-dealkylation sites (tertiary alicyclic amines) is 1. The normalized spacial score (nSPS) is 23.6. The van der Waals surface area contributed by atoms with Gasteiger partial charge in [0, 0.05) is 45.3 Å². The first-order chi connectivity index (χ1) is 14.1. The Kier molecular flexibility index (Phi) is 6.29. The third-order valence-corrected chi connectivity index (χ3v) is 8.23. The number of anilines is 1. The van der Waals surface area contributed by atoms with E-state index < -0.39 is 10.0 Å². The van der Waals surface area contributed by atoms with Crippen LogP contribution >= 0.6 is 0 Å². The van der Waals surface area contributed by atoms with E-state index in [1.165, 1.54) is 25.7 Å². The summed E-state index contributed by atoms with van der Waals surface area (Å²) in [5.41, 5.74) is 1.93. The summed E-state index contributed by atoms with van der Waals surface area (Å²) < 4.78 is 27.2. The molecule has 2 N–H and O–H groups in total. The fourth-order valence-corrected chi connectivity index (χ4v) is 6.33. The molecule has 8 heteroatoms. The minimum atomic E-state index is -3.34. The zero-order chi connectivity index (χ0) is 20.3. The van der Waals surface area contributed by atoms with Crippen LogP contribution in [-0.4, -0.2) is 70.3 Å². The van der Waals surface area contributed by atoms with Crippen LogP contribution in [0, 0.1) is 0 Å². The molecule has 1 aromatic carbocycles. The molecule has 1 unspecified atom stereocenters. The first kappa shape index (κ1) is 20.5. The van der Waals surface area contributed by atoms with Crippen molar-refractivity contribution in [3.63, 3.8) is 0 Å². The minimum absolute atomic E-state index is 0.0564. The first-order valence-electron chi connectivity index (χ1n) is 10.9. The van der Waals surface area contributed by atoms with Gasteiger partial charge in [0.25, 0.3) is 0 Å². The monoisotopic (exact) mass is 419 g/mol. The maximum Gasteiger partial charge on any atom is 0.236 e. The lowest BCUT2D eigenvalue weighted by atomic mass is 10.2. The molecular formula is C21H33N5O2S. The second kappa shape index (κ2) is 8.92. The van der Waals surface area contributed by atoms with Crippen LogP contribution in [0.3, 0.4) is 0 Å². The predicted molar refractivity (Wildman–Crippen MR) is 118 cm³/mol. The van der Waals surface area contributed by atoms with Crippen molar-refractivity contribution in [1.29, 1.82) is 0 Å². The Morgan fingerprint density at radius 3 is 2.76 bits per heavy atom. The van der Waals surface area contributed by atoms with Gasteiger partial charge in [-0.1, -0.05) is 31.0 Å². The highest BCUT2D eigenvalue weighted by Crippen LogP contribution is 2.30. The van der Waals surface area contributed by atoms with E-state index in [1.54, 1.807) is 11.4 Å². The quantitative estimate of drug-likeness (QED) is 0.541. The second-order valence-corrected chi connectivity index (χ2v) is 10.3. The standard InChI is InChI=1S/C21H33N5O2S/c1-22-21(24-18-11-13-25(16-18)19-7-3-4-8-19)23-12-15-29(27,28)26-14-10-17-6-2-5-9-20(17)26/h2,5-6,9,18-19H,3-4,7-8,10-16H2,1H3,(H2,22,23,24). The maximum atomic E-state index is 12.8. The average Bonchev–Trinajstić information content (AvgIpc) is 3.46. The molecule has 29 heavy (non-hydrogen) atoms. The van der Waals surface area contributed by atoms with Gasteiger partial charge in [0.15, 0.2) is 5.96 Å². The Labute approximate surface area is 174 Å². The average molecular weight is 420 g/mol. The number of nitrogens with zero attached hydrogens (tertiary/aromatic N) is 3. The summed E-state index contributed by atoms with van der Waals surface area (Å²) >= 11 is 0. The summed E-state index contributed by atoms with van der Waals surface area (Å²) in [4.78, 5) is 6.90. The summed E-state index contributed by atoms with van der Waals surface area (Å²) in [5, 5.41) is 6.68. The summed E-state index contributed by atoms with van der Waals surface area (Å²) in [6, 6.07) is 8.89. The van der Waals surface area contributed by atoms with E-state index in [1.807, 2.05) is 24.3 Å². The maximum absolute atomic E-state index is 12.8. The van der Waals surface area contributed by atoms with Crippen LogP contribution in [-0.2, 0) is 16.4 Å². The molecule has 1 saturated carbocycles. The van der Waals surface area contributed by atoms with E-state index in [0.29, 0.717) is 25.1 Å². The molecule has 0 amide bonds. The number of benzene rings is 1. The van der Waals surface area contributed by atoms with Crippen LogP contribution in [0.1, 0.15) is 37.7 Å². The Morgan fingerprint density at radius 2 is 1.97 bits per heavy atom. The number of fused-ring (bicyclic) bond motifs is 1. The molecule has 1 saturated heterocycles. The van der Waals surface area contributed by atoms with Gasteiger partial charge in [0.1, 0.15) is 0 Å². The lowest BCUT2D eigenvalue weighted by Crippen LogP contribution is -2.47. The number of nitrogens with one attached hydrogen (secondary N) is 2. The van der Waals surface area contributed by atoms with Gasteiger partial charge in [0.2, 0.25) is 10.0 Å². The van der Waals surface area contributed by atoms with Crippen LogP contribution in [0.15, 0.2) is 29.3 Å². The van der Waals surface area contributed by atoms with Crippen LogP contribution in [0.4, 0.5) is 5.69 Å². The molecule has 0 radical (unpaired) electrons. The van der Waals surface area contributed by atoms with Gasteiger partial charge in [-0.05, 0) is 37.3 Å². The number of guanidine groups is 1. The minimum Gasteiger partial charge on any atom is -0.355 e. The molecule has 2 aliphatic heterocycles. The molecular weight excluding hydrogens is 386 g/mol. The Hall–Kier alpha value is -1.80. The van der Waals surface area contributed by atoms with Crippen molar-refractivity contribution in [2.75, 3.05) is 43.3 Å². The van der Waals surface area contributed by atoms with Crippen LogP contribution in [0.25, 0.3) is 0 Å². The van der Waals surface area contributed by atoms with Gasteiger partial charge in [-0.2, -0.15) is 0 Å². The highest BCUT2D eigenvalue weighted by atomic mass is 32.2. The van der Waals surface area contributed by atoms with Crippen LogP contribution < -0.4 is 14.9 Å². The fraction of sp³-hybridized carbons (Fsp3) is 0.667. The SMILES string of the molecule is CN=C(NCCS(=O)(=O)N1CCc2ccccc21)NC1CCN(C2CCCC2)C1. The lowest BCUT2D eigenvalue weighted by molar-refractivity contribution is 0.242. The molecule has 1 aliphatic carbocycles. The van der Waals surface area contributed by atoms with Crippen molar-refractivity contribution in [2.24, 2.45) is 4.99 Å². The fourth-order valence-electron chi connectivity index (χ4n) is 4.90. The topological polar surface area (TPSA) is 77.0 Å². The molecule has 2 heterocycles. The number of para-hydroxylation sites is 1. The van der Waals surface area contributed by atoms with E-state index in [9.17, 15) is 8.42 Å². The van der Waals surface area contributed by atoms with Gasteiger partial charge in [-0.15, -0.1) is 0 Å². The Bertz CT molecular complexity index is 835. The largest absolute Gasteiger partial charge is 0.355 e. The third-order valence-electron chi connectivity index (χ3n) is 6.46.